The second-order valence-electron chi connectivity index (χ2n) is 4.01. The van der Waals surface area contributed by atoms with Crippen molar-refractivity contribution < 1.29 is 8.42 Å². The van der Waals surface area contributed by atoms with Crippen molar-refractivity contribution in [3.8, 4) is 0 Å². The minimum Gasteiger partial charge on any atom is -0.306 e. The summed E-state index contributed by atoms with van der Waals surface area (Å²) in [5.74, 6) is 0.0805. The summed E-state index contributed by atoms with van der Waals surface area (Å²) in [6.45, 7) is 1.95. The lowest BCUT2D eigenvalue weighted by molar-refractivity contribution is 0.583. The molecule has 0 saturated heterocycles. The van der Waals surface area contributed by atoms with E-state index in [4.69, 9.17) is 0 Å². The van der Waals surface area contributed by atoms with Gasteiger partial charge in [-0.2, -0.15) is 0 Å². The Morgan fingerprint density at radius 3 is 2.67 bits per heavy atom. The summed E-state index contributed by atoms with van der Waals surface area (Å²) in [7, 11) is -3.14. The van der Waals surface area contributed by atoms with Crippen LogP contribution in [0.3, 0.4) is 0 Å². The molecule has 0 amide bonds. The van der Waals surface area contributed by atoms with E-state index in [-0.39, 0.29) is 11.4 Å². The maximum atomic E-state index is 11.2. The summed E-state index contributed by atoms with van der Waals surface area (Å²) in [5, 5.41) is 0. The molecule has 1 aromatic carbocycles. The lowest BCUT2D eigenvalue weighted by Gasteiger charge is -2.04. The number of sulfonamides is 1. The summed E-state index contributed by atoms with van der Waals surface area (Å²) >= 11 is 0. The van der Waals surface area contributed by atoms with Gasteiger partial charge < -0.3 is 9.97 Å². The average molecular weight is 269 g/mol. The summed E-state index contributed by atoms with van der Waals surface area (Å²) in [6.07, 6.45) is 0.586. The Hall–Kier alpha value is -1.60. The number of nitrogens with one attached hydrogen (secondary N) is 3. The Morgan fingerprint density at radius 1 is 1.22 bits per heavy atom. The topological polar surface area (TPSA) is 94.8 Å². The van der Waals surface area contributed by atoms with Crippen molar-refractivity contribution in [1.82, 2.24) is 14.7 Å². The Kier molecular flexibility index (Phi) is 3.53. The van der Waals surface area contributed by atoms with Crippen molar-refractivity contribution in [2.75, 3.05) is 12.3 Å². The monoisotopic (exact) mass is 269 g/mol. The zero-order valence-electron chi connectivity index (χ0n) is 9.99. The molecule has 2 aromatic rings. The molecule has 0 radical (unpaired) electrons. The molecule has 0 bridgehead atoms. The normalized spacial score (nSPS) is 12.1. The fraction of sp³-hybridized carbons (Fsp3) is 0.364. The number of hydrogen-bond acceptors (Lipinski definition) is 3. The standard InChI is InChI=1S/C11H15N3O3S/c1-2-18(16,17)12-6-5-8-3-4-9-10(7-8)14-11(15)13-9/h3-4,7,12H,2,5-6H2,1H3,(H2,13,14,15). The van der Waals surface area contributed by atoms with Crippen molar-refractivity contribution in [3.05, 3.63) is 34.2 Å². The molecule has 6 nitrogen and oxygen atoms in total. The van der Waals surface area contributed by atoms with Crippen LogP contribution in [0.1, 0.15) is 12.5 Å². The van der Waals surface area contributed by atoms with Crippen LogP contribution in [0.2, 0.25) is 0 Å². The SMILES string of the molecule is CCS(=O)(=O)NCCc1ccc2[nH]c(=O)[nH]c2c1. The molecule has 0 atom stereocenters. The third-order valence-electron chi connectivity index (χ3n) is 2.70. The molecular weight excluding hydrogens is 254 g/mol. The second kappa shape index (κ2) is 4.95. The van der Waals surface area contributed by atoms with Crippen LogP contribution in [0.25, 0.3) is 11.0 Å². The number of aromatic nitrogens is 2. The largest absolute Gasteiger partial charge is 0.323 e. The molecule has 7 heteroatoms. The molecular formula is C11H15N3O3S. The van der Waals surface area contributed by atoms with Crippen molar-refractivity contribution >= 4 is 21.1 Å². The third-order valence-corrected chi connectivity index (χ3v) is 4.10. The molecule has 0 fully saturated rings. The van der Waals surface area contributed by atoms with Crippen LogP contribution in [-0.4, -0.2) is 30.7 Å². The molecule has 18 heavy (non-hydrogen) atoms. The number of imidazole rings is 1. The molecule has 0 spiro atoms. The fourth-order valence-corrected chi connectivity index (χ4v) is 2.31. The maximum Gasteiger partial charge on any atom is 0.323 e. The molecule has 1 heterocycles. The van der Waals surface area contributed by atoms with Crippen molar-refractivity contribution in [1.29, 1.82) is 0 Å². The van der Waals surface area contributed by atoms with Crippen molar-refractivity contribution in [3.63, 3.8) is 0 Å². The van der Waals surface area contributed by atoms with Gasteiger partial charge >= 0.3 is 5.69 Å². The maximum absolute atomic E-state index is 11.2. The molecule has 98 valence electrons. The summed E-state index contributed by atoms with van der Waals surface area (Å²) < 4.78 is 25.0. The summed E-state index contributed by atoms with van der Waals surface area (Å²) in [5.41, 5.74) is 2.21. The van der Waals surface area contributed by atoms with Gasteiger partial charge in [0.15, 0.2) is 0 Å². The van der Waals surface area contributed by atoms with E-state index in [1.54, 1.807) is 13.0 Å². The van der Waals surface area contributed by atoms with Crippen LogP contribution in [0.5, 0.6) is 0 Å². The first-order chi connectivity index (χ1) is 8.50. The number of benzene rings is 1. The van der Waals surface area contributed by atoms with Gasteiger partial charge in [-0.15, -0.1) is 0 Å². The summed E-state index contributed by atoms with van der Waals surface area (Å²) in [6, 6.07) is 5.51. The quantitative estimate of drug-likeness (QED) is 0.730. The number of H-pyrrole nitrogens is 2. The zero-order chi connectivity index (χ0) is 13.2. The van der Waals surface area contributed by atoms with Gasteiger partial charge in [-0.1, -0.05) is 6.07 Å². The highest BCUT2D eigenvalue weighted by molar-refractivity contribution is 7.89. The van der Waals surface area contributed by atoms with Crippen LogP contribution >= 0.6 is 0 Å². The highest BCUT2D eigenvalue weighted by Crippen LogP contribution is 2.10. The minimum absolute atomic E-state index is 0.0805. The van der Waals surface area contributed by atoms with E-state index in [0.29, 0.717) is 13.0 Å². The number of rotatable bonds is 5. The van der Waals surface area contributed by atoms with Gasteiger partial charge in [-0.25, -0.2) is 17.9 Å². The predicted octanol–water partition coefficient (Wildman–Crippen LogP) is 0.338. The molecule has 2 rings (SSSR count). The highest BCUT2D eigenvalue weighted by Gasteiger charge is 2.05. The van der Waals surface area contributed by atoms with Crippen molar-refractivity contribution in [2.24, 2.45) is 0 Å². The molecule has 0 unspecified atom stereocenters. The van der Waals surface area contributed by atoms with Gasteiger partial charge in [0, 0.05) is 6.54 Å². The van der Waals surface area contributed by atoms with E-state index >= 15 is 0 Å². The van der Waals surface area contributed by atoms with Gasteiger partial charge in [0.2, 0.25) is 10.0 Å². The van der Waals surface area contributed by atoms with Gasteiger partial charge in [0.25, 0.3) is 0 Å². The van der Waals surface area contributed by atoms with E-state index in [9.17, 15) is 13.2 Å². The lowest BCUT2D eigenvalue weighted by Crippen LogP contribution is -2.27. The van der Waals surface area contributed by atoms with Gasteiger partial charge in [-0.05, 0) is 31.0 Å². The van der Waals surface area contributed by atoms with E-state index < -0.39 is 10.0 Å². The van der Waals surface area contributed by atoms with Crippen molar-refractivity contribution in [2.45, 2.75) is 13.3 Å². The van der Waals surface area contributed by atoms with E-state index in [0.717, 1.165) is 16.6 Å². The van der Waals surface area contributed by atoms with Gasteiger partial charge in [0.1, 0.15) is 0 Å². The zero-order valence-corrected chi connectivity index (χ0v) is 10.8. The number of fused-ring (bicyclic) bond motifs is 1. The van der Waals surface area contributed by atoms with Crippen LogP contribution < -0.4 is 10.4 Å². The number of hydrogen-bond donors (Lipinski definition) is 3. The molecule has 0 aliphatic rings. The Morgan fingerprint density at radius 2 is 1.94 bits per heavy atom. The predicted molar refractivity (Wildman–Crippen MR) is 70.1 cm³/mol. The molecule has 0 aliphatic heterocycles. The average Bonchev–Trinajstić information content (AvgIpc) is 2.68. The van der Waals surface area contributed by atoms with E-state index in [1.807, 2.05) is 12.1 Å². The molecule has 1 aromatic heterocycles. The first-order valence-corrected chi connectivity index (χ1v) is 7.33. The Balaban J connectivity index is 2.06. The highest BCUT2D eigenvalue weighted by atomic mass is 32.2. The summed E-state index contributed by atoms with van der Waals surface area (Å²) in [4.78, 5) is 16.4. The molecule has 0 saturated carbocycles. The van der Waals surface area contributed by atoms with Crippen LogP contribution in [0, 0.1) is 0 Å². The smallest absolute Gasteiger partial charge is 0.306 e. The van der Waals surface area contributed by atoms with Gasteiger partial charge in [-0.3, -0.25) is 0 Å². The molecule has 0 aliphatic carbocycles. The Bertz CT molecular complexity index is 700. The lowest BCUT2D eigenvalue weighted by atomic mass is 10.1. The Labute approximate surface area is 104 Å². The second-order valence-corrected chi connectivity index (χ2v) is 6.10. The van der Waals surface area contributed by atoms with E-state index in [2.05, 4.69) is 14.7 Å². The van der Waals surface area contributed by atoms with E-state index in [1.165, 1.54) is 0 Å². The first-order valence-electron chi connectivity index (χ1n) is 5.68. The minimum atomic E-state index is -3.14. The van der Waals surface area contributed by atoms with Gasteiger partial charge in [0.05, 0.1) is 16.8 Å². The first kappa shape index (κ1) is 12.8. The van der Waals surface area contributed by atoms with Crippen LogP contribution in [0.15, 0.2) is 23.0 Å². The van der Waals surface area contributed by atoms with Crippen LogP contribution in [0.4, 0.5) is 0 Å². The molecule has 3 N–H and O–H groups in total. The number of aromatic amines is 2. The van der Waals surface area contributed by atoms with Crippen LogP contribution in [-0.2, 0) is 16.4 Å². The third kappa shape index (κ3) is 2.99. The fourth-order valence-electron chi connectivity index (χ4n) is 1.69.